The molecule has 2 aromatic carbocycles. The Balaban J connectivity index is 1.20. The lowest BCUT2D eigenvalue weighted by Gasteiger charge is -2.44. The third-order valence-electron chi connectivity index (χ3n) is 7.73. The molecule has 200 valence electrons. The summed E-state index contributed by atoms with van der Waals surface area (Å²) in [6, 6.07) is 16.7. The van der Waals surface area contributed by atoms with Crippen LogP contribution in [0.2, 0.25) is 0 Å². The van der Waals surface area contributed by atoms with Crippen LogP contribution in [-0.2, 0) is 30.9 Å². The molecule has 5 rings (SSSR count). The van der Waals surface area contributed by atoms with E-state index in [4.69, 9.17) is 9.47 Å². The second-order valence-corrected chi connectivity index (χ2v) is 12.3. The highest BCUT2D eigenvalue weighted by atomic mass is 32.2. The van der Waals surface area contributed by atoms with E-state index in [9.17, 15) is 13.2 Å². The molecule has 3 saturated heterocycles. The van der Waals surface area contributed by atoms with Crippen molar-refractivity contribution in [1.29, 1.82) is 0 Å². The van der Waals surface area contributed by atoms with Gasteiger partial charge in [0.05, 0.1) is 29.8 Å². The summed E-state index contributed by atoms with van der Waals surface area (Å²) in [5, 5.41) is 2.90. The van der Waals surface area contributed by atoms with Crippen LogP contribution in [0.15, 0.2) is 59.5 Å². The van der Waals surface area contributed by atoms with E-state index in [1.54, 1.807) is 28.6 Å². The molecule has 1 spiro atoms. The number of rotatable bonds is 8. The summed E-state index contributed by atoms with van der Waals surface area (Å²) in [6.45, 7) is 3.94. The number of sulfonamides is 1. The maximum absolute atomic E-state index is 13.0. The van der Waals surface area contributed by atoms with E-state index >= 15 is 0 Å². The summed E-state index contributed by atoms with van der Waals surface area (Å²) >= 11 is 0. The van der Waals surface area contributed by atoms with Gasteiger partial charge >= 0.3 is 0 Å². The first kappa shape index (κ1) is 26.3. The molecule has 0 saturated carbocycles. The second-order valence-electron chi connectivity index (χ2n) is 10.3. The average Bonchev–Trinajstić information content (AvgIpc) is 3.39. The van der Waals surface area contributed by atoms with Gasteiger partial charge in [-0.15, -0.1) is 0 Å². The monoisotopic (exact) mass is 527 g/mol. The minimum Gasteiger partial charge on any atom is -0.372 e. The molecule has 2 aromatic rings. The Labute approximate surface area is 220 Å². The predicted molar refractivity (Wildman–Crippen MR) is 142 cm³/mol. The molecule has 3 aliphatic rings. The Morgan fingerprint density at radius 1 is 1.00 bits per heavy atom. The third-order valence-corrected chi connectivity index (χ3v) is 9.62. The highest BCUT2D eigenvalue weighted by Gasteiger charge is 2.47. The molecule has 1 N–H and O–H groups in total. The maximum atomic E-state index is 13.0. The van der Waals surface area contributed by atoms with Gasteiger partial charge in [0.15, 0.2) is 0 Å². The number of hydrogen-bond donors (Lipinski definition) is 1. The van der Waals surface area contributed by atoms with Crippen LogP contribution in [0.1, 0.15) is 44.1 Å². The highest BCUT2D eigenvalue weighted by molar-refractivity contribution is 7.89. The first-order valence-corrected chi connectivity index (χ1v) is 14.8. The highest BCUT2D eigenvalue weighted by Crippen LogP contribution is 2.38. The fraction of sp³-hybridized carbons (Fsp3) is 0.536. The molecule has 0 radical (unpaired) electrons. The Kier molecular flexibility index (Phi) is 8.26. The minimum atomic E-state index is -3.56. The Bertz CT molecular complexity index is 1160. The van der Waals surface area contributed by atoms with E-state index in [2.05, 4.69) is 22.3 Å². The van der Waals surface area contributed by atoms with Gasteiger partial charge in [0.1, 0.15) is 0 Å². The standard InChI is InChI=1S/C28H37N3O5S/c32-27(29-24-11-7-12-25(19-24)37(33,34)31-15-5-2-6-16-31)21-30-17-14-28(13-8-18-36-28)26(20-30)35-22-23-9-3-1-4-10-23/h1,3-4,7,9-12,19,26H,2,5-6,8,13-18,20-22H2,(H,29,32)/t26-,28-/m0/s1. The van der Waals surface area contributed by atoms with Crippen molar-refractivity contribution in [3.05, 3.63) is 60.2 Å². The summed E-state index contributed by atoms with van der Waals surface area (Å²) in [5.41, 5.74) is 1.33. The van der Waals surface area contributed by atoms with Gasteiger partial charge < -0.3 is 14.8 Å². The summed E-state index contributed by atoms with van der Waals surface area (Å²) in [6.07, 6.45) is 5.54. The summed E-state index contributed by atoms with van der Waals surface area (Å²) in [4.78, 5) is 15.3. The van der Waals surface area contributed by atoms with E-state index in [0.29, 0.717) is 31.9 Å². The molecule has 1 amide bonds. The van der Waals surface area contributed by atoms with Crippen LogP contribution in [0, 0.1) is 0 Å². The number of hydrogen-bond acceptors (Lipinski definition) is 6. The average molecular weight is 528 g/mol. The Hall–Kier alpha value is -2.30. The van der Waals surface area contributed by atoms with E-state index in [1.165, 1.54) is 0 Å². The molecular formula is C28H37N3O5S. The lowest BCUT2D eigenvalue weighted by atomic mass is 9.85. The molecule has 0 aromatic heterocycles. The van der Waals surface area contributed by atoms with E-state index < -0.39 is 10.0 Å². The molecule has 8 nitrogen and oxygen atoms in total. The van der Waals surface area contributed by atoms with Crippen LogP contribution in [-0.4, -0.2) is 74.6 Å². The number of amides is 1. The quantitative estimate of drug-likeness (QED) is 0.564. The third kappa shape index (κ3) is 6.23. The fourth-order valence-electron chi connectivity index (χ4n) is 5.68. The van der Waals surface area contributed by atoms with Crippen LogP contribution in [0.5, 0.6) is 0 Å². The fourth-order valence-corrected chi connectivity index (χ4v) is 7.25. The Morgan fingerprint density at radius 2 is 1.81 bits per heavy atom. The Morgan fingerprint density at radius 3 is 2.57 bits per heavy atom. The topological polar surface area (TPSA) is 88.2 Å². The predicted octanol–water partition coefficient (Wildman–Crippen LogP) is 3.64. The molecule has 0 unspecified atom stereocenters. The maximum Gasteiger partial charge on any atom is 0.243 e. The van der Waals surface area contributed by atoms with Crippen molar-refractivity contribution in [2.24, 2.45) is 0 Å². The SMILES string of the molecule is O=C(CN1CC[C@@]2(CCCO2)[C@@H](OCc2ccccc2)C1)Nc1cccc(S(=O)(=O)N2CCCCC2)c1. The molecule has 37 heavy (non-hydrogen) atoms. The number of nitrogens with one attached hydrogen (secondary N) is 1. The van der Waals surface area contributed by atoms with Crippen LogP contribution in [0.3, 0.4) is 0 Å². The zero-order chi connectivity index (χ0) is 25.7. The van der Waals surface area contributed by atoms with Gasteiger partial charge in [0.2, 0.25) is 15.9 Å². The van der Waals surface area contributed by atoms with Crippen LogP contribution < -0.4 is 5.32 Å². The summed E-state index contributed by atoms with van der Waals surface area (Å²) in [5.74, 6) is -0.169. The van der Waals surface area contributed by atoms with Gasteiger partial charge in [-0.3, -0.25) is 9.69 Å². The van der Waals surface area contributed by atoms with E-state index in [1.807, 2.05) is 18.2 Å². The number of likely N-dealkylation sites (tertiary alicyclic amines) is 1. The first-order valence-electron chi connectivity index (χ1n) is 13.4. The van der Waals surface area contributed by atoms with E-state index in [-0.39, 0.29) is 29.1 Å². The van der Waals surface area contributed by atoms with Crippen molar-refractivity contribution < 1.29 is 22.7 Å². The minimum absolute atomic E-state index is 0.116. The van der Waals surface area contributed by atoms with Gasteiger partial charge in [0.25, 0.3) is 0 Å². The smallest absolute Gasteiger partial charge is 0.243 e. The van der Waals surface area contributed by atoms with E-state index in [0.717, 1.165) is 57.2 Å². The number of anilines is 1. The molecule has 3 aliphatic heterocycles. The first-order chi connectivity index (χ1) is 17.9. The van der Waals surface area contributed by atoms with Crippen LogP contribution in [0.25, 0.3) is 0 Å². The number of carbonyl (C=O) groups excluding carboxylic acids is 1. The van der Waals surface area contributed by atoms with Crippen molar-refractivity contribution >= 4 is 21.6 Å². The number of ether oxygens (including phenoxy) is 2. The number of nitrogens with zero attached hydrogens (tertiary/aromatic N) is 2. The number of piperidine rings is 2. The lowest BCUT2D eigenvalue weighted by Crippen LogP contribution is -2.57. The van der Waals surface area contributed by atoms with Crippen LogP contribution >= 0.6 is 0 Å². The van der Waals surface area contributed by atoms with Gasteiger partial charge in [-0.05, 0) is 55.9 Å². The zero-order valence-corrected chi connectivity index (χ0v) is 22.1. The van der Waals surface area contributed by atoms with Gasteiger partial charge in [-0.2, -0.15) is 4.31 Å². The number of benzene rings is 2. The molecular weight excluding hydrogens is 490 g/mol. The van der Waals surface area contributed by atoms with Gasteiger partial charge in [0, 0.05) is 38.5 Å². The van der Waals surface area contributed by atoms with Crippen molar-refractivity contribution in [3.63, 3.8) is 0 Å². The second kappa shape index (κ2) is 11.6. The van der Waals surface area contributed by atoms with Gasteiger partial charge in [-0.25, -0.2) is 8.42 Å². The van der Waals surface area contributed by atoms with Crippen molar-refractivity contribution in [2.45, 2.75) is 61.7 Å². The molecule has 9 heteroatoms. The molecule has 0 bridgehead atoms. The lowest BCUT2D eigenvalue weighted by molar-refractivity contribution is -0.159. The normalized spacial score (nSPS) is 25.4. The summed E-state index contributed by atoms with van der Waals surface area (Å²) < 4.78 is 40.2. The summed E-state index contributed by atoms with van der Waals surface area (Å²) in [7, 11) is -3.56. The number of carbonyl (C=O) groups is 1. The van der Waals surface area contributed by atoms with Gasteiger partial charge in [-0.1, -0.05) is 42.8 Å². The molecule has 3 fully saturated rings. The molecule has 2 atom stereocenters. The van der Waals surface area contributed by atoms with Crippen molar-refractivity contribution in [1.82, 2.24) is 9.21 Å². The molecule has 3 heterocycles. The molecule has 0 aliphatic carbocycles. The zero-order valence-electron chi connectivity index (χ0n) is 21.3. The largest absolute Gasteiger partial charge is 0.372 e. The van der Waals surface area contributed by atoms with Crippen LogP contribution in [0.4, 0.5) is 5.69 Å². The van der Waals surface area contributed by atoms with Crippen molar-refractivity contribution in [3.8, 4) is 0 Å². The van der Waals surface area contributed by atoms with Crippen molar-refractivity contribution in [2.75, 3.05) is 44.6 Å².